The summed E-state index contributed by atoms with van der Waals surface area (Å²) in [5, 5.41) is 3.03. The van der Waals surface area contributed by atoms with Crippen LogP contribution in [-0.2, 0) is 10.3 Å². The molecule has 1 amide bonds. The van der Waals surface area contributed by atoms with Gasteiger partial charge in [-0.05, 0) is 31.2 Å². The zero-order valence-electron chi connectivity index (χ0n) is 11.7. The first-order valence-electron chi connectivity index (χ1n) is 7.23. The van der Waals surface area contributed by atoms with Gasteiger partial charge in [0.2, 0.25) is 5.91 Å². The number of hydrogen-bond acceptors (Lipinski definition) is 2. The Labute approximate surface area is 115 Å². The van der Waals surface area contributed by atoms with Crippen LogP contribution in [0.2, 0.25) is 0 Å². The van der Waals surface area contributed by atoms with Crippen LogP contribution in [0.15, 0.2) is 30.3 Å². The number of carbonyl (C=O) groups excluding carboxylic acids is 1. The van der Waals surface area contributed by atoms with Crippen LogP contribution in [0.5, 0.6) is 0 Å². The highest BCUT2D eigenvalue weighted by atomic mass is 16.2. The van der Waals surface area contributed by atoms with E-state index in [1.807, 2.05) is 30.3 Å². The fraction of sp³-hybridized carbons (Fsp3) is 0.562. The van der Waals surface area contributed by atoms with Gasteiger partial charge in [0.15, 0.2) is 0 Å². The molecule has 1 aromatic carbocycles. The predicted octanol–water partition coefficient (Wildman–Crippen LogP) is 2.56. The molecule has 1 saturated carbocycles. The van der Waals surface area contributed by atoms with E-state index >= 15 is 0 Å². The van der Waals surface area contributed by atoms with E-state index in [2.05, 4.69) is 5.32 Å². The molecule has 1 unspecified atom stereocenters. The molecule has 1 atom stereocenters. The fourth-order valence-electron chi connectivity index (χ4n) is 2.73. The lowest BCUT2D eigenvalue weighted by Gasteiger charge is -2.27. The second-order valence-electron chi connectivity index (χ2n) is 5.78. The smallest absolute Gasteiger partial charge is 0.244 e. The lowest BCUT2D eigenvalue weighted by molar-refractivity contribution is -0.126. The molecule has 2 rings (SSSR count). The van der Waals surface area contributed by atoms with Crippen LogP contribution in [0.1, 0.15) is 44.6 Å². The Morgan fingerprint density at radius 2 is 1.89 bits per heavy atom. The minimum atomic E-state index is -0.948. The Hall–Kier alpha value is -1.35. The molecule has 0 radical (unpaired) electrons. The van der Waals surface area contributed by atoms with Crippen LogP contribution in [0, 0.1) is 5.92 Å². The molecule has 3 nitrogen and oxygen atoms in total. The van der Waals surface area contributed by atoms with E-state index < -0.39 is 5.54 Å². The van der Waals surface area contributed by atoms with Gasteiger partial charge in [0.25, 0.3) is 0 Å². The number of amides is 1. The monoisotopic (exact) mass is 260 g/mol. The van der Waals surface area contributed by atoms with Gasteiger partial charge in [-0.15, -0.1) is 0 Å². The fourth-order valence-corrected chi connectivity index (χ4v) is 2.73. The van der Waals surface area contributed by atoms with Crippen LogP contribution >= 0.6 is 0 Å². The summed E-state index contributed by atoms with van der Waals surface area (Å²) in [5.41, 5.74) is 6.09. The maximum atomic E-state index is 12.3. The third kappa shape index (κ3) is 3.57. The Kier molecular flexibility index (Phi) is 4.59. The third-order valence-electron chi connectivity index (χ3n) is 4.12. The molecule has 1 aliphatic carbocycles. The van der Waals surface area contributed by atoms with Gasteiger partial charge in [-0.3, -0.25) is 4.79 Å². The van der Waals surface area contributed by atoms with Gasteiger partial charge in [-0.25, -0.2) is 0 Å². The zero-order valence-corrected chi connectivity index (χ0v) is 11.7. The molecule has 0 saturated heterocycles. The van der Waals surface area contributed by atoms with E-state index in [9.17, 15) is 4.79 Å². The van der Waals surface area contributed by atoms with E-state index in [4.69, 9.17) is 5.73 Å². The highest BCUT2D eigenvalue weighted by Gasteiger charge is 2.30. The van der Waals surface area contributed by atoms with Crippen LogP contribution in [0.4, 0.5) is 0 Å². The lowest BCUT2D eigenvalue weighted by atomic mass is 9.88. The number of rotatable bonds is 4. The Bertz CT molecular complexity index is 408. The number of nitrogens with two attached hydrogens (primary N) is 1. The summed E-state index contributed by atoms with van der Waals surface area (Å²) >= 11 is 0. The maximum absolute atomic E-state index is 12.3. The molecule has 1 aliphatic rings. The highest BCUT2D eigenvalue weighted by molar-refractivity contribution is 5.86. The molecule has 104 valence electrons. The van der Waals surface area contributed by atoms with Gasteiger partial charge in [0, 0.05) is 6.54 Å². The molecule has 0 bridgehead atoms. The van der Waals surface area contributed by atoms with Gasteiger partial charge >= 0.3 is 0 Å². The Morgan fingerprint density at radius 1 is 1.26 bits per heavy atom. The van der Waals surface area contributed by atoms with Crippen molar-refractivity contribution in [2.45, 2.75) is 44.6 Å². The van der Waals surface area contributed by atoms with E-state index in [0.29, 0.717) is 5.92 Å². The van der Waals surface area contributed by atoms with Crippen molar-refractivity contribution in [1.82, 2.24) is 5.32 Å². The minimum Gasteiger partial charge on any atom is -0.354 e. The first-order chi connectivity index (χ1) is 9.10. The van der Waals surface area contributed by atoms with Crippen LogP contribution in [0.25, 0.3) is 0 Å². The summed E-state index contributed by atoms with van der Waals surface area (Å²) in [7, 11) is 0. The SMILES string of the molecule is CC(N)(C(=O)NCC1CCCCC1)c1ccccc1. The number of nitrogens with one attached hydrogen (secondary N) is 1. The highest BCUT2D eigenvalue weighted by Crippen LogP contribution is 2.23. The molecule has 1 fully saturated rings. The normalized spacial score (nSPS) is 19.7. The molecule has 0 aliphatic heterocycles. The summed E-state index contributed by atoms with van der Waals surface area (Å²) in [4.78, 5) is 12.3. The molecule has 19 heavy (non-hydrogen) atoms. The molecule has 0 heterocycles. The molecular weight excluding hydrogens is 236 g/mol. The van der Waals surface area contributed by atoms with E-state index in [0.717, 1.165) is 12.1 Å². The van der Waals surface area contributed by atoms with Crippen LogP contribution in [0.3, 0.4) is 0 Å². The number of carbonyl (C=O) groups is 1. The third-order valence-corrected chi connectivity index (χ3v) is 4.12. The molecule has 0 spiro atoms. The van der Waals surface area contributed by atoms with Crippen molar-refractivity contribution in [3.63, 3.8) is 0 Å². The Balaban J connectivity index is 1.91. The largest absolute Gasteiger partial charge is 0.354 e. The average Bonchev–Trinajstić information content (AvgIpc) is 2.46. The molecule has 0 aromatic heterocycles. The summed E-state index contributed by atoms with van der Waals surface area (Å²) < 4.78 is 0. The average molecular weight is 260 g/mol. The van der Waals surface area contributed by atoms with Crippen molar-refractivity contribution in [2.24, 2.45) is 11.7 Å². The Morgan fingerprint density at radius 3 is 2.53 bits per heavy atom. The van der Waals surface area contributed by atoms with Crippen molar-refractivity contribution in [1.29, 1.82) is 0 Å². The second-order valence-corrected chi connectivity index (χ2v) is 5.78. The second kappa shape index (κ2) is 6.20. The van der Waals surface area contributed by atoms with E-state index in [1.54, 1.807) is 6.92 Å². The lowest BCUT2D eigenvalue weighted by Crippen LogP contribution is -2.50. The first kappa shape index (κ1) is 14.1. The quantitative estimate of drug-likeness (QED) is 0.874. The van der Waals surface area contributed by atoms with Gasteiger partial charge in [0.05, 0.1) is 0 Å². The van der Waals surface area contributed by atoms with Gasteiger partial charge in [-0.1, -0.05) is 49.6 Å². The minimum absolute atomic E-state index is 0.0794. The maximum Gasteiger partial charge on any atom is 0.244 e. The summed E-state index contributed by atoms with van der Waals surface area (Å²) in [6, 6.07) is 9.56. The summed E-state index contributed by atoms with van der Waals surface area (Å²) in [5.74, 6) is 0.550. The van der Waals surface area contributed by atoms with Gasteiger partial charge < -0.3 is 11.1 Å². The van der Waals surface area contributed by atoms with E-state index in [-0.39, 0.29) is 5.91 Å². The van der Waals surface area contributed by atoms with Gasteiger partial charge in [0.1, 0.15) is 5.54 Å². The van der Waals surface area contributed by atoms with Crippen LogP contribution < -0.4 is 11.1 Å². The molecule has 3 N–H and O–H groups in total. The van der Waals surface area contributed by atoms with Crippen molar-refractivity contribution in [3.8, 4) is 0 Å². The molecule has 3 heteroatoms. The number of benzene rings is 1. The summed E-state index contributed by atoms with van der Waals surface area (Å²) in [6.45, 7) is 2.54. The predicted molar refractivity (Wildman–Crippen MR) is 77.6 cm³/mol. The van der Waals surface area contributed by atoms with Crippen molar-refractivity contribution >= 4 is 5.91 Å². The van der Waals surface area contributed by atoms with Crippen LogP contribution in [-0.4, -0.2) is 12.5 Å². The van der Waals surface area contributed by atoms with Crippen molar-refractivity contribution < 1.29 is 4.79 Å². The molecule has 1 aromatic rings. The summed E-state index contributed by atoms with van der Waals surface area (Å²) in [6.07, 6.45) is 6.38. The van der Waals surface area contributed by atoms with Gasteiger partial charge in [-0.2, -0.15) is 0 Å². The first-order valence-corrected chi connectivity index (χ1v) is 7.23. The topological polar surface area (TPSA) is 55.1 Å². The van der Waals surface area contributed by atoms with E-state index in [1.165, 1.54) is 32.1 Å². The van der Waals surface area contributed by atoms with Crippen molar-refractivity contribution in [3.05, 3.63) is 35.9 Å². The zero-order chi connectivity index (χ0) is 13.7. The number of hydrogen-bond donors (Lipinski definition) is 2. The standard InChI is InChI=1S/C16H24N2O/c1-16(17,14-10-6-3-7-11-14)15(19)18-12-13-8-4-2-5-9-13/h3,6-7,10-11,13H,2,4-5,8-9,12,17H2,1H3,(H,18,19). The molecular formula is C16H24N2O. The van der Waals surface area contributed by atoms with Crippen molar-refractivity contribution in [2.75, 3.05) is 6.54 Å².